The number of carbonyl (C=O) groups is 1. The summed E-state index contributed by atoms with van der Waals surface area (Å²) in [5.74, 6) is 1.99. The van der Waals surface area contributed by atoms with Crippen LogP contribution in [0.15, 0.2) is 46.0 Å². The molecular weight excluding hydrogens is 268 g/mol. The standard InChI is InChI=1S/C14H9N6O/c1-9(21)12-13(10-5-3-2-4-6-10)20(19-18-12)14-11(7-15)16-8-17-14/h2-6,8H,1H3/q-1. The minimum atomic E-state index is -0.210. The first-order chi connectivity index (χ1) is 10.2. The summed E-state index contributed by atoms with van der Waals surface area (Å²) in [5, 5.41) is 16.9. The van der Waals surface area contributed by atoms with Gasteiger partial charge in [0, 0.05) is 12.5 Å². The monoisotopic (exact) mass is 277 g/mol. The summed E-state index contributed by atoms with van der Waals surface area (Å²) in [6.07, 6.45) is 1.28. The number of aliphatic imine (C=N–C) groups is 2. The zero-order valence-electron chi connectivity index (χ0n) is 11.1. The molecule has 0 atom stereocenters. The largest absolute Gasteiger partial charge is 0.761 e. The zero-order valence-corrected chi connectivity index (χ0v) is 11.1. The molecule has 2 heterocycles. The number of aromatic nitrogens is 3. The SMILES string of the molecule is CC(=O)c1nnn(C2=NC=NC2=C=[N-])c1-c1ccccc1. The molecule has 7 nitrogen and oxygen atoms in total. The summed E-state index contributed by atoms with van der Waals surface area (Å²) in [6, 6.07) is 9.24. The third kappa shape index (κ3) is 2.11. The number of hydrogen-bond donors (Lipinski definition) is 0. The van der Waals surface area contributed by atoms with E-state index in [2.05, 4.69) is 20.3 Å². The second-order valence-corrected chi connectivity index (χ2v) is 4.28. The summed E-state index contributed by atoms with van der Waals surface area (Å²) in [5.41, 5.74) is 1.62. The summed E-state index contributed by atoms with van der Waals surface area (Å²) < 4.78 is 1.37. The Hall–Kier alpha value is -3.18. The Morgan fingerprint density at radius 1 is 1.29 bits per heavy atom. The molecule has 102 valence electrons. The number of rotatable bonds is 2. The minimum absolute atomic E-state index is 0.132. The molecule has 3 rings (SSSR count). The molecule has 1 aliphatic rings. The summed E-state index contributed by atoms with van der Waals surface area (Å²) in [7, 11) is 0. The predicted molar refractivity (Wildman–Crippen MR) is 78.7 cm³/mol. The zero-order chi connectivity index (χ0) is 14.8. The van der Waals surface area contributed by atoms with E-state index >= 15 is 0 Å². The number of allylic oxidation sites excluding steroid dienone is 1. The van der Waals surface area contributed by atoms with Gasteiger partial charge in [-0.15, -0.1) is 5.10 Å². The second kappa shape index (κ2) is 5.07. The Morgan fingerprint density at radius 3 is 2.71 bits per heavy atom. The highest BCUT2D eigenvalue weighted by Crippen LogP contribution is 2.24. The Morgan fingerprint density at radius 2 is 2.05 bits per heavy atom. The van der Waals surface area contributed by atoms with Gasteiger partial charge in [-0.1, -0.05) is 35.5 Å². The third-order valence-corrected chi connectivity index (χ3v) is 2.94. The molecule has 1 aliphatic heterocycles. The van der Waals surface area contributed by atoms with Crippen molar-refractivity contribution < 1.29 is 4.79 Å². The van der Waals surface area contributed by atoms with Gasteiger partial charge in [-0.3, -0.25) is 4.79 Å². The summed E-state index contributed by atoms with van der Waals surface area (Å²) in [6.45, 7) is 1.42. The van der Waals surface area contributed by atoms with Crippen molar-refractivity contribution in [2.75, 3.05) is 0 Å². The molecule has 0 amide bonds. The topological polar surface area (TPSA) is 94.8 Å². The van der Waals surface area contributed by atoms with Crippen LogP contribution in [0.4, 0.5) is 0 Å². The normalized spacial score (nSPS) is 13.2. The molecule has 0 fully saturated rings. The van der Waals surface area contributed by atoms with E-state index in [1.165, 1.54) is 17.9 Å². The van der Waals surface area contributed by atoms with Gasteiger partial charge < -0.3 is 5.41 Å². The van der Waals surface area contributed by atoms with Crippen molar-refractivity contribution in [1.82, 2.24) is 15.0 Å². The predicted octanol–water partition coefficient (Wildman–Crippen LogP) is 1.56. The van der Waals surface area contributed by atoms with Gasteiger partial charge in [-0.05, 0) is 0 Å². The van der Waals surface area contributed by atoms with Gasteiger partial charge in [-0.25, -0.2) is 15.9 Å². The van der Waals surface area contributed by atoms with Crippen LogP contribution in [0.3, 0.4) is 0 Å². The average Bonchev–Trinajstić information content (AvgIpc) is 3.13. The maximum absolute atomic E-state index is 11.8. The molecule has 7 heteroatoms. The molecule has 0 N–H and O–H groups in total. The van der Waals surface area contributed by atoms with Gasteiger partial charge >= 0.3 is 0 Å². The van der Waals surface area contributed by atoms with E-state index in [1.807, 2.05) is 36.2 Å². The molecule has 21 heavy (non-hydrogen) atoms. The number of ketones is 1. The Kier molecular flexibility index (Phi) is 3.10. The van der Waals surface area contributed by atoms with Gasteiger partial charge in [0.2, 0.25) is 0 Å². The van der Waals surface area contributed by atoms with Crippen LogP contribution in [-0.4, -0.2) is 38.8 Å². The van der Waals surface area contributed by atoms with Crippen molar-refractivity contribution in [3.8, 4) is 11.3 Å². The number of nitrogens with zero attached hydrogens (tertiary/aromatic N) is 6. The van der Waals surface area contributed by atoms with Crippen LogP contribution in [0.25, 0.3) is 16.7 Å². The van der Waals surface area contributed by atoms with E-state index in [1.54, 1.807) is 0 Å². The second-order valence-electron chi connectivity index (χ2n) is 4.28. The van der Waals surface area contributed by atoms with Crippen LogP contribution in [0.2, 0.25) is 0 Å². The minimum Gasteiger partial charge on any atom is -0.761 e. The Balaban J connectivity index is 2.24. The lowest BCUT2D eigenvalue weighted by Gasteiger charge is -2.07. The van der Waals surface area contributed by atoms with Crippen molar-refractivity contribution in [1.29, 1.82) is 0 Å². The first-order valence-electron chi connectivity index (χ1n) is 6.12. The van der Waals surface area contributed by atoms with Crippen LogP contribution in [0.5, 0.6) is 0 Å². The molecular formula is C14H9N6O-. The van der Waals surface area contributed by atoms with E-state index < -0.39 is 0 Å². The fraction of sp³-hybridized carbons (Fsp3) is 0.0714. The average molecular weight is 277 g/mol. The lowest BCUT2D eigenvalue weighted by molar-refractivity contribution is 0.101. The van der Waals surface area contributed by atoms with Crippen LogP contribution in [0, 0.1) is 0 Å². The molecule has 1 aromatic carbocycles. The van der Waals surface area contributed by atoms with Gasteiger partial charge in [0.25, 0.3) is 0 Å². The Labute approximate surface area is 119 Å². The quantitative estimate of drug-likeness (QED) is 0.615. The van der Waals surface area contributed by atoms with Crippen molar-refractivity contribution in [2.24, 2.45) is 9.98 Å². The van der Waals surface area contributed by atoms with E-state index in [4.69, 9.17) is 5.41 Å². The van der Waals surface area contributed by atoms with Gasteiger partial charge in [0.1, 0.15) is 17.7 Å². The van der Waals surface area contributed by atoms with Crippen molar-refractivity contribution in [2.45, 2.75) is 6.92 Å². The van der Waals surface area contributed by atoms with Crippen molar-refractivity contribution in [3.63, 3.8) is 0 Å². The molecule has 0 saturated carbocycles. The molecule has 1 aromatic heterocycles. The van der Waals surface area contributed by atoms with E-state index in [0.29, 0.717) is 5.69 Å². The van der Waals surface area contributed by atoms with E-state index in [-0.39, 0.29) is 23.0 Å². The van der Waals surface area contributed by atoms with Crippen LogP contribution in [-0.2, 0) is 0 Å². The number of carbonyl (C=O) groups excluding carboxylic acids is 1. The van der Waals surface area contributed by atoms with Crippen molar-refractivity contribution in [3.05, 3.63) is 47.1 Å². The fourth-order valence-electron chi connectivity index (χ4n) is 2.02. The molecule has 0 spiro atoms. The third-order valence-electron chi connectivity index (χ3n) is 2.94. The molecule has 2 aromatic rings. The van der Waals surface area contributed by atoms with Gasteiger partial charge in [0.05, 0.1) is 0 Å². The van der Waals surface area contributed by atoms with Crippen LogP contribution >= 0.6 is 0 Å². The molecule has 0 radical (unpaired) electrons. The molecule has 0 unspecified atom stereocenters. The Bertz CT molecular complexity index is 824. The highest BCUT2D eigenvalue weighted by Gasteiger charge is 2.23. The van der Waals surface area contributed by atoms with E-state index in [0.717, 1.165) is 5.56 Å². The first-order valence-corrected chi connectivity index (χ1v) is 6.12. The first kappa shape index (κ1) is 12.8. The lowest BCUT2D eigenvalue weighted by atomic mass is 10.1. The fourth-order valence-corrected chi connectivity index (χ4v) is 2.02. The number of benzene rings is 1. The molecule has 0 saturated heterocycles. The van der Waals surface area contributed by atoms with Gasteiger partial charge in [0.15, 0.2) is 17.3 Å². The van der Waals surface area contributed by atoms with Crippen LogP contribution in [0.1, 0.15) is 17.4 Å². The summed E-state index contributed by atoms with van der Waals surface area (Å²) >= 11 is 0. The highest BCUT2D eigenvalue weighted by atomic mass is 16.1. The lowest BCUT2D eigenvalue weighted by Crippen LogP contribution is -2.15. The van der Waals surface area contributed by atoms with Crippen LogP contribution < -0.4 is 0 Å². The number of Topliss-reactive ketones (excluding diaryl/α,β-unsaturated/α-hetero) is 1. The summed E-state index contributed by atoms with van der Waals surface area (Å²) in [4.78, 5) is 19.6. The molecule has 0 aliphatic carbocycles. The maximum Gasteiger partial charge on any atom is 0.189 e. The maximum atomic E-state index is 11.8. The van der Waals surface area contributed by atoms with E-state index in [9.17, 15) is 4.79 Å². The van der Waals surface area contributed by atoms with Gasteiger partial charge in [-0.2, -0.15) is 4.68 Å². The number of hydrogen-bond acceptors (Lipinski definition) is 5. The smallest absolute Gasteiger partial charge is 0.189 e. The highest BCUT2D eigenvalue weighted by molar-refractivity contribution is 6.14. The molecule has 0 bridgehead atoms. The van der Waals surface area contributed by atoms with Crippen molar-refractivity contribution >= 4 is 23.8 Å².